The third-order valence-electron chi connectivity index (χ3n) is 10.0. The van der Waals surface area contributed by atoms with Crippen LogP contribution in [0.5, 0.6) is 0 Å². The van der Waals surface area contributed by atoms with Crippen molar-refractivity contribution in [3.8, 4) is 0 Å². The lowest BCUT2D eigenvalue weighted by Gasteiger charge is -2.40. The fourth-order valence-electron chi connectivity index (χ4n) is 6.75. The number of hydrogen-bond donors (Lipinski definition) is 1. The van der Waals surface area contributed by atoms with Crippen LogP contribution in [-0.4, -0.2) is 77.7 Å². The smallest absolute Gasteiger partial charge is 0.261 e. The summed E-state index contributed by atoms with van der Waals surface area (Å²) in [7, 11) is -4.65. The van der Waals surface area contributed by atoms with Gasteiger partial charge in [-0.05, 0) is 59.0 Å². The predicted octanol–water partition coefficient (Wildman–Crippen LogP) is 6.32. The van der Waals surface area contributed by atoms with Gasteiger partial charge in [0.05, 0.1) is 17.7 Å². The molecule has 0 unspecified atom stereocenters. The molecule has 2 amide bonds. The van der Waals surface area contributed by atoms with E-state index in [2.05, 4.69) is 66.5 Å². The zero-order valence-corrected chi connectivity index (χ0v) is 29.3. The highest BCUT2D eigenvalue weighted by atomic mass is 28.4. The number of rotatable bonds is 14. The molecule has 2 aromatic heterocycles. The number of nitrogens with two attached hydrogens (primary N) is 1. The van der Waals surface area contributed by atoms with E-state index >= 15 is 0 Å². The molecule has 0 spiro atoms. The SMILES string of the molecule is CC[Si](CC)(CC)O[C@@H]1[C@H](O[Si](CC)(CC)CC)[C@@H](CN2C(=O)c3ccccc3C2=O)O[C@H]1n1c(N=[N+]=[N-])nc2c(N)ncnc21. The lowest BCUT2D eigenvalue weighted by Crippen LogP contribution is -2.53. The van der Waals surface area contributed by atoms with Crippen LogP contribution in [-0.2, 0) is 13.6 Å². The number of ether oxygens (including phenoxy) is 1. The summed E-state index contributed by atoms with van der Waals surface area (Å²) in [6, 6.07) is 12.0. The molecule has 2 N–H and O–H groups in total. The van der Waals surface area contributed by atoms with Crippen molar-refractivity contribution in [2.75, 3.05) is 12.3 Å². The third-order valence-corrected chi connectivity index (χ3v) is 19.3. The van der Waals surface area contributed by atoms with E-state index in [0.717, 1.165) is 36.3 Å². The van der Waals surface area contributed by atoms with Crippen molar-refractivity contribution < 1.29 is 23.2 Å². The molecule has 16 heteroatoms. The molecular formula is C30H43N9O5Si2. The molecule has 5 rings (SSSR count). The number of imide groups is 1. The second kappa shape index (κ2) is 13.6. The van der Waals surface area contributed by atoms with Gasteiger partial charge in [-0.3, -0.25) is 19.1 Å². The first-order chi connectivity index (χ1) is 22.2. The minimum Gasteiger partial charge on any atom is -0.408 e. The molecule has 1 aromatic carbocycles. The van der Waals surface area contributed by atoms with Crippen LogP contribution in [0.2, 0.25) is 36.3 Å². The summed E-state index contributed by atoms with van der Waals surface area (Å²) in [5.41, 5.74) is 17.0. The summed E-state index contributed by atoms with van der Waals surface area (Å²) in [6.45, 7) is 12.8. The molecule has 2 aliphatic heterocycles. The zero-order chi connectivity index (χ0) is 33.2. The van der Waals surface area contributed by atoms with Crippen molar-refractivity contribution in [2.45, 2.75) is 102 Å². The lowest BCUT2D eigenvalue weighted by molar-refractivity contribution is -0.0363. The first-order valence-electron chi connectivity index (χ1n) is 16.2. The van der Waals surface area contributed by atoms with E-state index in [-0.39, 0.29) is 35.6 Å². The van der Waals surface area contributed by atoms with Crippen molar-refractivity contribution in [3.63, 3.8) is 0 Å². The third kappa shape index (κ3) is 5.73. The van der Waals surface area contributed by atoms with Gasteiger partial charge in [-0.1, -0.05) is 53.7 Å². The Bertz CT molecular complexity index is 1600. The van der Waals surface area contributed by atoms with Crippen LogP contribution < -0.4 is 5.73 Å². The molecule has 0 bridgehead atoms. The molecule has 14 nitrogen and oxygen atoms in total. The molecular weight excluding hydrogens is 623 g/mol. The largest absolute Gasteiger partial charge is 0.408 e. The van der Waals surface area contributed by atoms with Gasteiger partial charge in [0.25, 0.3) is 11.8 Å². The number of hydrogen-bond acceptors (Lipinski definition) is 10. The molecule has 1 fully saturated rings. The zero-order valence-electron chi connectivity index (χ0n) is 27.3. The van der Waals surface area contributed by atoms with E-state index in [1.807, 2.05) is 0 Å². The molecule has 3 aromatic rings. The lowest BCUT2D eigenvalue weighted by atomic mass is 10.1. The standard InChI is InChI=1S/C30H43N9O5Si2/c1-7-45(8-2,9-3)43-23-21(17-38-27(40)19-15-13-14-16-20(19)28(38)41)42-29(24(23)44-46(10-4,11-5)12-6)39-26-22(25(31)33-18-34-26)35-30(39)36-37-32/h13-16,18,21,23-24,29H,7-12,17H2,1-6H3,(H2,31,33,34)/t21-,23-,24-,29-/m1/s1. The van der Waals surface area contributed by atoms with Crippen LogP contribution >= 0.6 is 0 Å². The molecule has 2 aliphatic rings. The minimum atomic E-state index is -2.34. The number of benzene rings is 1. The number of azide groups is 1. The number of carbonyl (C=O) groups excluding carboxylic acids is 2. The molecule has 4 heterocycles. The van der Waals surface area contributed by atoms with Gasteiger partial charge in [0, 0.05) is 4.91 Å². The Kier molecular flexibility index (Phi) is 9.96. The Morgan fingerprint density at radius 3 is 1.98 bits per heavy atom. The number of imidazole rings is 1. The maximum atomic E-state index is 13.6. The van der Waals surface area contributed by atoms with Gasteiger partial charge in [-0.25, -0.2) is 15.0 Å². The summed E-state index contributed by atoms with van der Waals surface area (Å²) in [4.78, 5) is 44.4. The summed E-state index contributed by atoms with van der Waals surface area (Å²) in [6.07, 6.45) is -1.70. The summed E-state index contributed by atoms with van der Waals surface area (Å²) < 4.78 is 23.0. The topological polar surface area (TPSA) is 183 Å². The van der Waals surface area contributed by atoms with Crippen LogP contribution in [0, 0.1) is 0 Å². The van der Waals surface area contributed by atoms with Gasteiger partial charge in [0.2, 0.25) is 5.95 Å². The second-order valence-electron chi connectivity index (χ2n) is 11.9. The van der Waals surface area contributed by atoms with Crippen molar-refractivity contribution in [1.82, 2.24) is 24.4 Å². The normalized spacial score (nSPS) is 21.7. The first kappa shape index (κ1) is 33.7. The van der Waals surface area contributed by atoms with Crippen molar-refractivity contribution in [3.05, 3.63) is 52.2 Å². The van der Waals surface area contributed by atoms with Gasteiger partial charge in [-0.15, -0.1) is 0 Å². The Morgan fingerprint density at radius 1 is 0.913 bits per heavy atom. The fraction of sp³-hybridized carbons (Fsp3) is 0.567. The number of amides is 2. The number of aromatic nitrogens is 4. The summed E-state index contributed by atoms with van der Waals surface area (Å²) in [5.74, 6) is -0.642. The fourth-order valence-corrected chi connectivity index (χ4v) is 12.4. The van der Waals surface area contributed by atoms with Crippen LogP contribution in [0.3, 0.4) is 0 Å². The highest BCUT2D eigenvalue weighted by Crippen LogP contribution is 2.44. The highest BCUT2D eigenvalue weighted by molar-refractivity contribution is 6.74. The first-order valence-corrected chi connectivity index (χ1v) is 21.2. The molecule has 246 valence electrons. The van der Waals surface area contributed by atoms with E-state index in [1.165, 1.54) is 11.2 Å². The molecule has 46 heavy (non-hydrogen) atoms. The van der Waals surface area contributed by atoms with Gasteiger partial charge >= 0.3 is 0 Å². The molecule has 4 atom stereocenters. The van der Waals surface area contributed by atoms with E-state index < -0.39 is 41.2 Å². The van der Waals surface area contributed by atoms with Crippen LogP contribution in [0.1, 0.15) is 68.5 Å². The van der Waals surface area contributed by atoms with Crippen LogP contribution in [0.4, 0.5) is 11.8 Å². The average Bonchev–Trinajstić information content (AvgIpc) is 3.69. The van der Waals surface area contributed by atoms with E-state index in [9.17, 15) is 15.1 Å². The summed E-state index contributed by atoms with van der Waals surface area (Å²) >= 11 is 0. The highest BCUT2D eigenvalue weighted by Gasteiger charge is 2.54. The number of nitrogen functional groups attached to an aromatic ring is 1. The van der Waals surface area contributed by atoms with Gasteiger partial charge < -0.3 is 19.3 Å². The number of fused-ring (bicyclic) bond motifs is 2. The predicted molar refractivity (Wildman–Crippen MR) is 178 cm³/mol. The van der Waals surface area contributed by atoms with Crippen molar-refractivity contribution in [2.24, 2.45) is 5.11 Å². The maximum Gasteiger partial charge on any atom is 0.261 e. The number of nitrogens with zero attached hydrogens (tertiary/aromatic N) is 8. The minimum absolute atomic E-state index is 0.00910. The Balaban J connectivity index is 1.69. The second-order valence-corrected chi connectivity index (χ2v) is 21.3. The van der Waals surface area contributed by atoms with Crippen LogP contribution in [0.15, 0.2) is 35.7 Å². The maximum absolute atomic E-state index is 13.6. The number of anilines is 1. The van der Waals surface area contributed by atoms with Crippen molar-refractivity contribution in [1.29, 1.82) is 0 Å². The molecule has 0 radical (unpaired) electrons. The van der Waals surface area contributed by atoms with E-state index in [4.69, 9.17) is 19.3 Å². The van der Waals surface area contributed by atoms with E-state index in [0.29, 0.717) is 16.8 Å². The van der Waals surface area contributed by atoms with Crippen molar-refractivity contribution >= 4 is 51.4 Å². The van der Waals surface area contributed by atoms with Gasteiger partial charge in [0.15, 0.2) is 39.8 Å². The quantitative estimate of drug-likeness (QED) is 0.0676. The monoisotopic (exact) mass is 665 g/mol. The van der Waals surface area contributed by atoms with Gasteiger partial charge in [0.1, 0.15) is 24.6 Å². The van der Waals surface area contributed by atoms with Gasteiger partial charge in [-0.2, -0.15) is 0 Å². The Morgan fingerprint density at radius 2 is 1.46 bits per heavy atom. The Labute approximate surface area is 270 Å². The molecule has 0 saturated carbocycles. The Hall–Kier alpha value is -3.67. The molecule has 0 aliphatic carbocycles. The number of carbonyl (C=O) groups is 2. The molecule has 1 saturated heterocycles. The van der Waals surface area contributed by atoms with E-state index in [1.54, 1.807) is 28.8 Å². The van der Waals surface area contributed by atoms with Crippen LogP contribution in [0.25, 0.3) is 21.6 Å². The average molecular weight is 666 g/mol. The summed E-state index contributed by atoms with van der Waals surface area (Å²) in [5, 5.41) is 3.88.